The topological polar surface area (TPSA) is 24.1 Å². The third-order valence-corrected chi connectivity index (χ3v) is 7.69. The maximum Gasteiger partial charge on any atom is 0.0597 e. The highest BCUT2D eigenvalue weighted by Crippen LogP contribution is 2.50. The number of fused-ring (bicyclic) bond motifs is 3. The predicted molar refractivity (Wildman–Crippen MR) is 144 cm³/mol. The van der Waals surface area contributed by atoms with E-state index >= 15 is 0 Å². The number of anilines is 2. The standard InChI is InChI=1S/C32H30N2/c1-22-28(19-20-30-31(22)29-10-6-7-21-32(29,2)34-30)25-13-17-27(18-14-25)33-26-15-11-24(12-16-26)23-8-4-3-5-9-23/h3-22,29,31,33-34H,1-2H3. The van der Waals surface area contributed by atoms with Crippen molar-refractivity contribution in [2.24, 2.45) is 17.8 Å². The Morgan fingerprint density at radius 3 is 2.09 bits per heavy atom. The highest BCUT2D eigenvalue weighted by Gasteiger charge is 2.49. The zero-order chi connectivity index (χ0) is 23.1. The summed E-state index contributed by atoms with van der Waals surface area (Å²) in [5.41, 5.74) is 8.78. The molecule has 0 spiro atoms. The Hall–Kier alpha value is -3.78. The van der Waals surface area contributed by atoms with Gasteiger partial charge in [0.1, 0.15) is 0 Å². The Labute approximate surface area is 202 Å². The van der Waals surface area contributed by atoms with Gasteiger partial charge in [0.15, 0.2) is 0 Å². The molecule has 2 heteroatoms. The quantitative estimate of drug-likeness (QED) is 0.432. The van der Waals surface area contributed by atoms with Gasteiger partial charge in [0.05, 0.1) is 5.54 Å². The molecule has 168 valence electrons. The Kier molecular flexibility index (Phi) is 5.03. The van der Waals surface area contributed by atoms with Gasteiger partial charge in [-0.3, -0.25) is 0 Å². The van der Waals surface area contributed by atoms with Gasteiger partial charge in [-0.15, -0.1) is 0 Å². The van der Waals surface area contributed by atoms with Gasteiger partial charge in [-0.1, -0.05) is 91.9 Å². The molecule has 6 rings (SSSR count). The summed E-state index contributed by atoms with van der Waals surface area (Å²) in [7, 11) is 0. The third-order valence-electron chi connectivity index (χ3n) is 7.69. The predicted octanol–water partition coefficient (Wildman–Crippen LogP) is 7.73. The lowest BCUT2D eigenvalue weighted by Gasteiger charge is -2.33. The van der Waals surface area contributed by atoms with Gasteiger partial charge in [-0.2, -0.15) is 0 Å². The van der Waals surface area contributed by atoms with Gasteiger partial charge in [0, 0.05) is 28.9 Å². The second-order valence-corrected chi connectivity index (χ2v) is 9.88. The number of allylic oxidation sites excluding steroid dienone is 6. The summed E-state index contributed by atoms with van der Waals surface area (Å²) in [4.78, 5) is 0. The highest BCUT2D eigenvalue weighted by molar-refractivity contribution is 5.74. The smallest absolute Gasteiger partial charge is 0.0597 e. The van der Waals surface area contributed by atoms with Crippen LogP contribution in [-0.2, 0) is 0 Å². The van der Waals surface area contributed by atoms with Crippen molar-refractivity contribution in [2.75, 3.05) is 5.32 Å². The first-order chi connectivity index (χ1) is 16.6. The molecule has 4 atom stereocenters. The van der Waals surface area contributed by atoms with Crippen molar-refractivity contribution in [3.05, 3.63) is 127 Å². The molecule has 0 saturated carbocycles. The Bertz CT molecular complexity index is 1310. The lowest BCUT2D eigenvalue weighted by Crippen LogP contribution is -2.40. The van der Waals surface area contributed by atoms with Crippen molar-refractivity contribution in [2.45, 2.75) is 19.4 Å². The molecule has 0 bridgehead atoms. The lowest BCUT2D eigenvalue weighted by atomic mass is 9.69. The second-order valence-electron chi connectivity index (χ2n) is 9.88. The first-order valence-electron chi connectivity index (χ1n) is 12.2. The van der Waals surface area contributed by atoms with Crippen molar-refractivity contribution in [3.8, 4) is 11.1 Å². The van der Waals surface area contributed by atoms with E-state index in [2.05, 4.69) is 140 Å². The summed E-state index contributed by atoms with van der Waals surface area (Å²) in [6, 6.07) is 28.0. The first-order valence-corrected chi connectivity index (χ1v) is 12.2. The summed E-state index contributed by atoms with van der Waals surface area (Å²) >= 11 is 0. The van der Waals surface area contributed by atoms with Crippen molar-refractivity contribution < 1.29 is 0 Å². The highest BCUT2D eigenvalue weighted by atomic mass is 15.0. The lowest BCUT2D eigenvalue weighted by molar-refractivity contribution is 0.345. The second kappa shape index (κ2) is 8.22. The molecule has 0 aromatic heterocycles. The molecule has 3 aliphatic rings. The van der Waals surface area contributed by atoms with Gasteiger partial charge in [-0.25, -0.2) is 0 Å². The Morgan fingerprint density at radius 1 is 0.735 bits per heavy atom. The van der Waals surface area contributed by atoms with E-state index in [4.69, 9.17) is 0 Å². The van der Waals surface area contributed by atoms with Crippen LogP contribution in [0.4, 0.5) is 11.4 Å². The third kappa shape index (κ3) is 3.60. The average molecular weight is 443 g/mol. The molecular weight excluding hydrogens is 412 g/mol. The number of benzene rings is 3. The Morgan fingerprint density at radius 2 is 1.38 bits per heavy atom. The van der Waals surface area contributed by atoms with Crippen LogP contribution in [0.15, 0.2) is 121 Å². The van der Waals surface area contributed by atoms with Gasteiger partial charge >= 0.3 is 0 Å². The zero-order valence-corrected chi connectivity index (χ0v) is 19.7. The average Bonchev–Trinajstić information content (AvgIpc) is 3.19. The number of hydrogen-bond acceptors (Lipinski definition) is 2. The molecular formula is C32H30N2. The largest absolute Gasteiger partial charge is 0.379 e. The molecule has 3 aromatic rings. The minimum atomic E-state index is 0.0205. The number of hydrogen-bond donors (Lipinski definition) is 2. The van der Waals surface area contributed by atoms with Crippen LogP contribution in [-0.4, -0.2) is 5.54 Å². The van der Waals surface area contributed by atoms with Gasteiger partial charge < -0.3 is 10.6 Å². The summed E-state index contributed by atoms with van der Waals surface area (Å²) in [5, 5.41) is 7.34. The van der Waals surface area contributed by atoms with Crippen LogP contribution in [0.5, 0.6) is 0 Å². The first kappa shape index (κ1) is 20.8. The Balaban J connectivity index is 1.18. The van der Waals surface area contributed by atoms with Crippen LogP contribution in [0.3, 0.4) is 0 Å². The monoisotopic (exact) mass is 442 g/mol. The summed E-state index contributed by atoms with van der Waals surface area (Å²) < 4.78 is 0. The van der Waals surface area contributed by atoms with Crippen molar-refractivity contribution in [1.82, 2.24) is 5.32 Å². The molecule has 0 amide bonds. The molecule has 2 N–H and O–H groups in total. The molecule has 3 aromatic carbocycles. The molecule has 4 unspecified atom stereocenters. The number of rotatable bonds is 4. The summed E-state index contributed by atoms with van der Waals surface area (Å²) in [6.45, 7) is 4.69. The van der Waals surface area contributed by atoms with Crippen molar-refractivity contribution in [1.29, 1.82) is 0 Å². The van der Waals surface area contributed by atoms with Crippen LogP contribution in [0, 0.1) is 17.8 Å². The molecule has 0 radical (unpaired) electrons. The fourth-order valence-electron chi connectivity index (χ4n) is 5.86. The molecule has 1 fully saturated rings. The van der Waals surface area contributed by atoms with Gasteiger partial charge in [0.25, 0.3) is 0 Å². The maximum absolute atomic E-state index is 3.79. The van der Waals surface area contributed by atoms with E-state index in [1.54, 1.807) is 0 Å². The molecule has 1 heterocycles. The minimum Gasteiger partial charge on any atom is -0.379 e. The van der Waals surface area contributed by atoms with Crippen molar-refractivity contribution in [3.63, 3.8) is 0 Å². The van der Waals surface area contributed by atoms with Crippen LogP contribution in [0.1, 0.15) is 19.4 Å². The number of nitrogens with one attached hydrogen (secondary N) is 2. The fourth-order valence-corrected chi connectivity index (χ4v) is 5.86. The van der Waals surface area contributed by atoms with E-state index in [-0.39, 0.29) is 5.54 Å². The summed E-state index contributed by atoms with van der Waals surface area (Å²) in [5.74, 6) is 1.44. The maximum atomic E-state index is 3.79. The molecule has 2 aliphatic carbocycles. The molecule has 2 nitrogen and oxygen atoms in total. The van der Waals surface area contributed by atoms with E-state index in [1.165, 1.54) is 28.0 Å². The van der Waals surface area contributed by atoms with Crippen LogP contribution >= 0.6 is 0 Å². The van der Waals surface area contributed by atoms with Crippen LogP contribution in [0.25, 0.3) is 16.7 Å². The van der Waals surface area contributed by atoms with Crippen molar-refractivity contribution >= 4 is 16.9 Å². The zero-order valence-electron chi connectivity index (χ0n) is 19.7. The van der Waals surface area contributed by atoms with Gasteiger partial charge in [0.2, 0.25) is 0 Å². The summed E-state index contributed by atoms with van der Waals surface area (Å²) in [6.07, 6.45) is 13.7. The van der Waals surface area contributed by atoms with Crippen LogP contribution < -0.4 is 10.6 Å². The van der Waals surface area contributed by atoms with E-state index in [0.717, 1.165) is 11.4 Å². The van der Waals surface area contributed by atoms with Gasteiger partial charge in [-0.05, 0) is 65.4 Å². The van der Waals surface area contributed by atoms with E-state index in [0.29, 0.717) is 17.8 Å². The normalized spacial score (nSPS) is 26.7. The molecule has 1 saturated heterocycles. The van der Waals surface area contributed by atoms with E-state index < -0.39 is 0 Å². The molecule has 1 aliphatic heterocycles. The minimum absolute atomic E-state index is 0.0205. The fraction of sp³-hybridized carbons (Fsp3) is 0.188. The van der Waals surface area contributed by atoms with E-state index in [1.807, 2.05) is 0 Å². The van der Waals surface area contributed by atoms with E-state index in [9.17, 15) is 0 Å². The molecule has 34 heavy (non-hydrogen) atoms. The SMILES string of the molecule is CC1C(c2ccc(Nc3ccc(-c4ccccc4)cc3)cc2)=CC=C2NC3(C)C=CC=CC3C21. The van der Waals surface area contributed by atoms with Crippen LogP contribution in [0.2, 0.25) is 0 Å².